The van der Waals surface area contributed by atoms with Crippen LogP contribution in [0.1, 0.15) is 24.2 Å². The van der Waals surface area contributed by atoms with Gasteiger partial charge in [-0.2, -0.15) is 0 Å². The Morgan fingerprint density at radius 2 is 1.74 bits per heavy atom. The van der Waals surface area contributed by atoms with Crippen LogP contribution in [0, 0.1) is 0 Å². The number of hydrogen-bond donors (Lipinski definition) is 1. The number of amides is 1. The van der Waals surface area contributed by atoms with Gasteiger partial charge in [-0.15, -0.1) is 5.10 Å². The molecule has 0 saturated heterocycles. The molecule has 0 aliphatic heterocycles. The number of para-hydroxylation sites is 1. The highest BCUT2D eigenvalue weighted by atomic mass is 16.5. The Bertz CT molecular complexity index is 1290. The maximum Gasteiger partial charge on any atom is 0.349 e. The average Bonchev–Trinajstić information content (AvgIpc) is 3.23. The van der Waals surface area contributed by atoms with Gasteiger partial charge in [-0.05, 0) is 44.2 Å². The number of rotatable bonds is 7. The Kier molecular flexibility index (Phi) is 5.65. The number of aromatic nitrogens is 2. The SMILES string of the molecule is CCOc1ccc(-c2nnc(NC(=O)c3cc4ccccc4oc3=O)o2)cc1OCC. The minimum absolute atomic E-state index is 0.153. The Labute approximate surface area is 176 Å². The van der Waals surface area contributed by atoms with Gasteiger partial charge in [0.25, 0.3) is 5.91 Å². The van der Waals surface area contributed by atoms with E-state index in [1.165, 1.54) is 6.07 Å². The van der Waals surface area contributed by atoms with E-state index in [4.69, 9.17) is 18.3 Å². The number of ether oxygens (including phenoxy) is 2. The van der Waals surface area contributed by atoms with Crippen LogP contribution in [0.2, 0.25) is 0 Å². The zero-order chi connectivity index (χ0) is 21.8. The topological polar surface area (TPSA) is 117 Å². The molecule has 9 nitrogen and oxygen atoms in total. The van der Waals surface area contributed by atoms with Crippen molar-refractivity contribution < 1.29 is 23.1 Å². The molecule has 2 heterocycles. The van der Waals surface area contributed by atoms with E-state index in [-0.39, 0.29) is 17.5 Å². The fourth-order valence-corrected chi connectivity index (χ4v) is 2.96. The van der Waals surface area contributed by atoms with Gasteiger partial charge in [-0.3, -0.25) is 10.1 Å². The fraction of sp³-hybridized carbons (Fsp3) is 0.182. The third kappa shape index (κ3) is 4.25. The number of benzene rings is 2. The van der Waals surface area contributed by atoms with E-state index in [2.05, 4.69) is 15.5 Å². The largest absolute Gasteiger partial charge is 0.490 e. The molecule has 2 aromatic carbocycles. The summed E-state index contributed by atoms with van der Waals surface area (Å²) in [5.41, 5.74) is 0.0526. The first-order valence-corrected chi connectivity index (χ1v) is 9.66. The molecule has 2 aromatic heterocycles. The standard InChI is InChI=1S/C22H19N3O6/c1-3-28-17-10-9-14(12-18(17)29-4-2)20-24-25-22(31-20)23-19(26)15-11-13-7-5-6-8-16(13)30-21(15)27/h5-12H,3-4H2,1-2H3,(H,23,25,26). The van der Waals surface area contributed by atoms with Crippen LogP contribution in [0.25, 0.3) is 22.4 Å². The highest BCUT2D eigenvalue weighted by Crippen LogP contribution is 2.32. The number of fused-ring (bicyclic) bond motifs is 1. The lowest BCUT2D eigenvalue weighted by Crippen LogP contribution is -2.20. The van der Waals surface area contributed by atoms with Crippen LogP contribution < -0.4 is 20.4 Å². The summed E-state index contributed by atoms with van der Waals surface area (Å²) in [6.07, 6.45) is 0. The van der Waals surface area contributed by atoms with E-state index >= 15 is 0 Å². The predicted molar refractivity (Wildman–Crippen MR) is 113 cm³/mol. The van der Waals surface area contributed by atoms with Crippen LogP contribution in [0.5, 0.6) is 11.5 Å². The summed E-state index contributed by atoms with van der Waals surface area (Å²) in [7, 11) is 0. The summed E-state index contributed by atoms with van der Waals surface area (Å²) >= 11 is 0. The van der Waals surface area contributed by atoms with Gasteiger partial charge in [0.15, 0.2) is 11.5 Å². The number of carbonyl (C=O) groups is 1. The summed E-state index contributed by atoms with van der Waals surface area (Å²) < 4.78 is 21.9. The van der Waals surface area contributed by atoms with E-state index in [0.29, 0.717) is 41.2 Å². The number of carbonyl (C=O) groups excluding carboxylic acids is 1. The average molecular weight is 421 g/mol. The molecule has 0 radical (unpaired) electrons. The summed E-state index contributed by atoms with van der Waals surface area (Å²) in [5.74, 6) is 0.602. The maximum atomic E-state index is 12.5. The quantitative estimate of drug-likeness (QED) is 0.447. The lowest BCUT2D eigenvalue weighted by Gasteiger charge is -2.11. The zero-order valence-electron chi connectivity index (χ0n) is 16.9. The third-order valence-electron chi connectivity index (χ3n) is 4.32. The molecule has 4 aromatic rings. The van der Waals surface area contributed by atoms with Gasteiger partial charge in [0.1, 0.15) is 11.1 Å². The first-order valence-electron chi connectivity index (χ1n) is 9.66. The lowest BCUT2D eigenvalue weighted by atomic mass is 10.2. The summed E-state index contributed by atoms with van der Waals surface area (Å²) in [4.78, 5) is 24.7. The minimum Gasteiger partial charge on any atom is -0.490 e. The normalized spacial score (nSPS) is 10.8. The molecule has 4 rings (SSSR count). The molecule has 158 valence electrons. The van der Waals surface area contributed by atoms with Crippen LogP contribution in [0.3, 0.4) is 0 Å². The van der Waals surface area contributed by atoms with Crippen molar-refractivity contribution in [2.75, 3.05) is 18.5 Å². The van der Waals surface area contributed by atoms with Crippen molar-refractivity contribution >= 4 is 22.9 Å². The second kappa shape index (κ2) is 8.70. The maximum absolute atomic E-state index is 12.5. The van der Waals surface area contributed by atoms with Crippen LogP contribution in [0.15, 0.2) is 62.2 Å². The molecule has 1 N–H and O–H groups in total. The van der Waals surface area contributed by atoms with Gasteiger partial charge in [0, 0.05) is 10.9 Å². The first kappa shape index (κ1) is 20.1. The molecule has 0 atom stereocenters. The van der Waals surface area contributed by atoms with Crippen LogP contribution in [-0.4, -0.2) is 29.3 Å². The molecule has 0 aliphatic rings. The van der Waals surface area contributed by atoms with Crippen LogP contribution in [-0.2, 0) is 0 Å². The van der Waals surface area contributed by atoms with E-state index in [9.17, 15) is 9.59 Å². The first-order chi connectivity index (χ1) is 15.1. The summed E-state index contributed by atoms with van der Waals surface area (Å²) in [5, 5.41) is 10.8. The predicted octanol–water partition coefficient (Wildman–Crippen LogP) is 3.89. The Morgan fingerprint density at radius 1 is 0.968 bits per heavy atom. The van der Waals surface area contributed by atoms with Crippen molar-refractivity contribution in [3.05, 3.63) is 64.5 Å². The van der Waals surface area contributed by atoms with Crippen molar-refractivity contribution in [3.63, 3.8) is 0 Å². The smallest absolute Gasteiger partial charge is 0.349 e. The molecule has 0 unspecified atom stereocenters. The Hall–Kier alpha value is -4.14. The molecular formula is C22H19N3O6. The molecule has 0 bridgehead atoms. The van der Waals surface area contributed by atoms with E-state index in [0.717, 1.165) is 0 Å². The fourth-order valence-electron chi connectivity index (χ4n) is 2.96. The second-order valence-electron chi connectivity index (χ2n) is 6.38. The highest BCUT2D eigenvalue weighted by Gasteiger charge is 2.18. The summed E-state index contributed by atoms with van der Waals surface area (Å²) in [6.45, 7) is 4.71. The number of nitrogens with one attached hydrogen (secondary N) is 1. The third-order valence-corrected chi connectivity index (χ3v) is 4.32. The number of anilines is 1. The van der Waals surface area contributed by atoms with E-state index < -0.39 is 11.5 Å². The zero-order valence-corrected chi connectivity index (χ0v) is 16.9. The van der Waals surface area contributed by atoms with Gasteiger partial charge in [-0.25, -0.2) is 4.79 Å². The molecular weight excluding hydrogens is 402 g/mol. The molecule has 31 heavy (non-hydrogen) atoms. The van der Waals surface area contributed by atoms with Gasteiger partial charge < -0.3 is 18.3 Å². The molecule has 0 fully saturated rings. The van der Waals surface area contributed by atoms with Gasteiger partial charge in [0.2, 0.25) is 5.89 Å². The Balaban J connectivity index is 1.57. The van der Waals surface area contributed by atoms with E-state index in [1.54, 1.807) is 42.5 Å². The van der Waals surface area contributed by atoms with Gasteiger partial charge in [0.05, 0.1) is 13.2 Å². The molecule has 1 amide bonds. The van der Waals surface area contributed by atoms with Crippen molar-refractivity contribution in [2.45, 2.75) is 13.8 Å². The summed E-state index contributed by atoms with van der Waals surface area (Å²) in [6, 6.07) is 13.4. The number of nitrogens with zero attached hydrogens (tertiary/aromatic N) is 2. The molecule has 9 heteroatoms. The molecule has 0 aliphatic carbocycles. The van der Waals surface area contributed by atoms with Crippen molar-refractivity contribution in [1.29, 1.82) is 0 Å². The highest BCUT2D eigenvalue weighted by molar-refractivity contribution is 6.04. The van der Waals surface area contributed by atoms with Crippen molar-refractivity contribution in [2.24, 2.45) is 0 Å². The van der Waals surface area contributed by atoms with E-state index in [1.807, 2.05) is 13.8 Å². The van der Waals surface area contributed by atoms with Gasteiger partial charge in [-0.1, -0.05) is 23.3 Å². The van der Waals surface area contributed by atoms with Crippen LogP contribution in [0.4, 0.5) is 6.01 Å². The minimum atomic E-state index is -0.760. The molecule has 0 saturated carbocycles. The second-order valence-corrected chi connectivity index (χ2v) is 6.38. The monoisotopic (exact) mass is 421 g/mol. The van der Waals surface area contributed by atoms with Crippen LogP contribution >= 0.6 is 0 Å². The van der Waals surface area contributed by atoms with Crippen molar-refractivity contribution in [3.8, 4) is 23.0 Å². The van der Waals surface area contributed by atoms with Gasteiger partial charge >= 0.3 is 11.6 Å². The Morgan fingerprint density at radius 3 is 2.55 bits per heavy atom. The van der Waals surface area contributed by atoms with Crippen molar-refractivity contribution in [1.82, 2.24) is 10.2 Å². The lowest BCUT2D eigenvalue weighted by molar-refractivity contribution is 0.102. The number of hydrogen-bond acceptors (Lipinski definition) is 8. The molecule has 0 spiro atoms.